The van der Waals surface area contributed by atoms with E-state index in [1.165, 1.54) is 16.7 Å². The zero-order valence-corrected chi connectivity index (χ0v) is 19.5. The van der Waals surface area contributed by atoms with Crippen LogP contribution in [0.2, 0.25) is 0 Å². The highest BCUT2D eigenvalue weighted by molar-refractivity contribution is 7.99. The smallest absolute Gasteiger partial charge is 0.313 e. The fourth-order valence-corrected chi connectivity index (χ4v) is 3.73. The van der Waals surface area contributed by atoms with E-state index in [2.05, 4.69) is 0 Å². The molecule has 0 unspecified atom stereocenters. The van der Waals surface area contributed by atoms with Gasteiger partial charge in [-0.25, -0.2) is 0 Å². The zero-order chi connectivity index (χ0) is 25.4. The van der Waals surface area contributed by atoms with Crippen LogP contribution in [0.25, 0.3) is 11.3 Å². The highest BCUT2D eigenvalue weighted by atomic mass is 32.2. The highest BCUT2D eigenvalue weighted by Gasteiger charge is 2.21. The minimum absolute atomic E-state index is 0.0348. The topological polar surface area (TPSA) is 80.0 Å². The van der Waals surface area contributed by atoms with Gasteiger partial charge < -0.3 is 19.2 Å². The van der Waals surface area contributed by atoms with Gasteiger partial charge in [-0.05, 0) is 56.4 Å². The average Bonchev–Trinajstić information content (AvgIpc) is 3.36. The molecule has 7 heteroatoms. The Kier molecular flexibility index (Phi) is 7.97. The van der Waals surface area contributed by atoms with Gasteiger partial charge in [-0.15, -0.1) is 0 Å². The molecule has 1 heterocycles. The van der Waals surface area contributed by atoms with Crippen molar-refractivity contribution < 1.29 is 26.6 Å². The Morgan fingerprint density at radius 2 is 1.88 bits per heavy atom. The van der Waals surface area contributed by atoms with Crippen molar-refractivity contribution >= 4 is 23.6 Å². The summed E-state index contributed by atoms with van der Waals surface area (Å²) >= 11 is 1.30. The Hall–Kier alpha value is -3.19. The second-order valence-electron chi connectivity index (χ2n) is 7.58. The lowest BCUT2D eigenvalue weighted by molar-refractivity contribution is -0.133. The van der Waals surface area contributed by atoms with Gasteiger partial charge in [-0.1, -0.05) is 30.3 Å². The molecule has 0 bridgehead atoms. The summed E-state index contributed by atoms with van der Waals surface area (Å²) in [7, 11) is 0. The number of hydrogen-bond acceptors (Lipinski definition) is 5. The molecule has 0 saturated carbocycles. The standard InChI is InChI=1S/C26H29NO5S/c1-19(2)27(26(30)21-12-10-20(11-13-21)23-9-5-14-31-23)17-22-7-3-4-8-24(22)32-15-6-16-33-18-25(28)29/h3-5,7-14,19H,6,15-18H2,1-2H3,(H,28,29)/i17D2. The number of carbonyl (C=O) groups is 2. The fourth-order valence-electron chi connectivity index (χ4n) is 3.09. The molecule has 174 valence electrons. The van der Waals surface area contributed by atoms with Crippen molar-refractivity contribution in [1.82, 2.24) is 4.90 Å². The number of ether oxygens (including phenoxy) is 1. The van der Waals surface area contributed by atoms with Crippen molar-refractivity contribution in [1.29, 1.82) is 0 Å². The molecule has 0 aliphatic heterocycles. The molecule has 0 radical (unpaired) electrons. The maximum absolute atomic E-state index is 13.5. The molecule has 1 aromatic heterocycles. The fraction of sp³-hybridized carbons (Fsp3) is 0.308. The quantitative estimate of drug-likeness (QED) is 0.349. The van der Waals surface area contributed by atoms with Gasteiger partial charge in [0.15, 0.2) is 0 Å². The molecule has 3 rings (SSSR count). The summed E-state index contributed by atoms with van der Waals surface area (Å²) in [6, 6.07) is 16.9. The number of aliphatic carboxylic acids is 1. The largest absolute Gasteiger partial charge is 0.493 e. The highest BCUT2D eigenvalue weighted by Crippen LogP contribution is 2.24. The van der Waals surface area contributed by atoms with E-state index in [0.29, 0.717) is 35.9 Å². The Bertz CT molecular complexity index is 1120. The van der Waals surface area contributed by atoms with E-state index < -0.39 is 24.4 Å². The van der Waals surface area contributed by atoms with E-state index in [9.17, 15) is 9.59 Å². The number of hydrogen-bond donors (Lipinski definition) is 1. The molecule has 3 aromatic rings. The van der Waals surface area contributed by atoms with E-state index in [1.54, 1.807) is 74.7 Å². The number of carboxylic acids is 1. The molecule has 0 spiro atoms. The van der Waals surface area contributed by atoms with E-state index >= 15 is 0 Å². The lowest BCUT2D eigenvalue weighted by Gasteiger charge is -2.28. The summed E-state index contributed by atoms with van der Waals surface area (Å²) in [5, 5.41) is 8.72. The SMILES string of the molecule is [2H]C([2H])(c1ccccc1OCCCSCC(=O)O)N(C(=O)c1ccc(-c2ccco2)cc1)C(C)C. The minimum Gasteiger partial charge on any atom is -0.493 e. The zero-order valence-electron chi connectivity index (χ0n) is 20.7. The molecule has 0 atom stereocenters. The summed E-state index contributed by atoms with van der Waals surface area (Å²) < 4.78 is 29.1. The molecule has 1 amide bonds. The first-order valence-corrected chi connectivity index (χ1v) is 11.9. The number of thioether (sulfide) groups is 1. The van der Waals surface area contributed by atoms with Crippen LogP contribution in [0.3, 0.4) is 0 Å². The summed E-state index contributed by atoms with van der Waals surface area (Å²) in [5.74, 6) is 0.401. The lowest BCUT2D eigenvalue weighted by Crippen LogP contribution is -2.36. The lowest BCUT2D eigenvalue weighted by atomic mass is 10.1. The second kappa shape index (κ2) is 12.2. The van der Waals surface area contributed by atoms with Gasteiger partial charge >= 0.3 is 5.97 Å². The Labute approximate surface area is 201 Å². The van der Waals surface area contributed by atoms with Crippen LogP contribution in [-0.2, 0) is 11.3 Å². The van der Waals surface area contributed by atoms with Crippen LogP contribution in [0.15, 0.2) is 71.3 Å². The Balaban J connectivity index is 1.78. The third-order valence-corrected chi connectivity index (χ3v) is 5.75. The second-order valence-corrected chi connectivity index (χ2v) is 8.69. The van der Waals surface area contributed by atoms with Gasteiger partial charge in [0, 0.05) is 29.2 Å². The van der Waals surface area contributed by atoms with Crippen molar-refractivity contribution in [2.75, 3.05) is 18.1 Å². The van der Waals surface area contributed by atoms with Crippen molar-refractivity contribution in [2.45, 2.75) is 32.8 Å². The molecular weight excluding hydrogens is 438 g/mol. The number of carboxylic acid groups (broad SMARTS) is 1. The van der Waals surface area contributed by atoms with Gasteiger partial charge in [0.2, 0.25) is 0 Å². The van der Waals surface area contributed by atoms with Gasteiger partial charge in [0.05, 0.1) is 21.4 Å². The van der Waals surface area contributed by atoms with Gasteiger partial charge in [0.25, 0.3) is 5.91 Å². The van der Waals surface area contributed by atoms with Crippen molar-refractivity contribution in [2.24, 2.45) is 0 Å². The van der Waals surface area contributed by atoms with Crippen molar-refractivity contribution in [3.63, 3.8) is 0 Å². The van der Waals surface area contributed by atoms with Crippen LogP contribution in [0.1, 0.15) is 38.9 Å². The van der Waals surface area contributed by atoms with Crippen LogP contribution >= 0.6 is 11.8 Å². The maximum Gasteiger partial charge on any atom is 0.313 e. The first-order chi connectivity index (χ1) is 16.7. The molecular formula is C26H29NO5S. The van der Waals surface area contributed by atoms with Gasteiger partial charge in [-0.3, -0.25) is 9.59 Å². The molecule has 0 fully saturated rings. The summed E-state index contributed by atoms with van der Waals surface area (Å²) in [5.41, 5.74) is 1.45. The molecule has 1 N–H and O–H groups in total. The van der Waals surface area contributed by atoms with Crippen molar-refractivity contribution in [3.8, 4) is 17.1 Å². The Morgan fingerprint density at radius 1 is 1.12 bits per heavy atom. The molecule has 6 nitrogen and oxygen atoms in total. The molecule has 0 aliphatic rings. The molecule has 2 aromatic carbocycles. The van der Waals surface area contributed by atoms with E-state index in [1.807, 2.05) is 6.07 Å². The van der Waals surface area contributed by atoms with Crippen LogP contribution in [-0.4, -0.2) is 46.0 Å². The summed E-state index contributed by atoms with van der Waals surface area (Å²) in [4.78, 5) is 25.3. The van der Waals surface area contributed by atoms with Gasteiger partial charge in [0.1, 0.15) is 11.5 Å². The summed E-state index contributed by atoms with van der Waals surface area (Å²) in [6.45, 7) is 1.72. The number of nitrogens with zero attached hydrogens (tertiary/aromatic N) is 1. The third-order valence-electron chi connectivity index (χ3n) is 4.72. The van der Waals surface area contributed by atoms with Crippen LogP contribution < -0.4 is 4.74 Å². The number of para-hydroxylation sites is 1. The normalized spacial score (nSPS) is 12.2. The molecule has 0 aliphatic carbocycles. The molecule has 33 heavy (non-hydrogen) atoms. The van der Waals surface area contributed by atoms with Crippen molar-refractivity contribution in [3.05, 3.63) is 78.1 Å². The van der Waals surface area contributed by atoms with Crippen LogP contribution in [0, 0.1) is 0 Å². The Morgan fingerprint density at radius 3 is 2.55 bits per heavy atom. The third kappa shape index (κ3) is 7.15. The number of amides is 1. The van der Waals surface area contributed by atoms with Crippen LogP contribution in [0.4, 0.5) is 0 Å². The number of furan rings is 1. The van der Waals surface area contributed by atoms with E-state index in [0.717, 1.165) is 5.56 Å². The van der Waals surface area contributed by atoms with E-state index in [-0.39, 0.29) is 11.3 Å². The summed E-state index contributed by atoms with van der Waals surface area (Å²) in [6.07, 6.45) is 2.20. The number of rotatable bonds is 12. The molecule has 0 saturated heterocycles. The average molecular weight is 470 g/mol. The first-order valence-electron chi connectivity index (χ1n) is 11.7. The predicted molar refractivity (Wildman–Crippen MR) is 131 cm³/mol. The van der Waals surface area contributed by atoms with E-state index in [4.69, 9.17) is 17.0 Å². The predicted octanol–water partition coefficient (Wildman–Crippen LogP) is 5.58. The number of benzene rings is 2. The maximum atomic E-state index is 13.5. The first kappa shape index (κ1) is 21.6. The number of carbonyl (C=O) groups excluding carboxylic acids is 1. The van der Waals surface area contributed by atoms with Gasteiger partial charge in [-0.2, -0.15) is 11.8 Å². The van der Waals surface area contributed by atoms with Crippen LogP contribution in [0.5, 0.6) is 5.75 Å². The monoisotopic (exact) mass is 469 g/mol. The minimum atomic E-state index is -2.14.